The van der Waals surface area contributed by atoms with Crippen LogP contribution < -0.4 is 5.43 Å². The van der Waals surface area contributed by atoms with Gasteiger partial charge in [-0.2, -0.15) is 5.10 Å². The highest BCUT2D eigenvalue weighted by molar-refractivity contribution is 6.33. The summed E-state index contributed by atoms with van der Waals surface area (Å²) in [4.78, 5) is 11.8. The molecule has 0 saturated heterocycles. The molecule has 1 aromatic carbocycles. The third-order valence-corrected chi connectivity index (χ3v) is 2.80. The summed E-state index contributed by atoms with van der Waals surface area (Å²) in [7, 11) is 0. The zero-order valence-electron chi connectivity index (χ0n) is 10.6. The summed E-state index contributed by atoms with van der Waals surface area (Å²) in [5.41, 5.74) is 3.79. The maximum absolute atomic E-state index is 11.8. The second-order valence-electron chi connectivity index (χ2n) is 4.13. The Bertz CT molecular complexity index is 632. The molecule has 0 unspecified atom stereocenters. The molecule has 0 radical (unpaired) electrons. The molecule has 1 aromatic heterocycles. The van der Waals surface area contributed by atoms with Gasteiger partial charge in [0.15, 0.2) is 0 Å². The first-order chi connectivity index (χ1) is 9.06. The van der Waals surface area contributed by atoms with Crippen molar-refractivity contribution in [3.63, 3.8) is 0 Å². The van der Waals surface area contributed by atoms with Gasteiger partial charge in [0.05, 0.1) is 16.8 Å². The van der Waals surface area contributed by atoms with Crippen molar-refractivity contribution in [2.45, 2.75) is 13.8 Å². The number of rotatable bonds is 3. The highest BCUT2D eigenvalue weighted by Gasteiger charge is 2.09. The first-order valence-corrected chi connectivity index (χ1v) is 6.10. The van der Waals surface area contributed by atoms with E-state index in [0.29, 0.717) is 16.3 Å². The van der Waals surface area contributed by atoms with Crippen LogP contribution in [0.25, 0.3) is 0 Å². The van der Waals surface area contributed by atoms with Crippen LogP contribution >= 0.6 is 11.6 Å². The van der Waals surface area contributed by atoms with Gasteiger partial charge in [-0.3, -0.25) is 4.79 Å². The van der Waals surface area contributed by atoms with Gasteiger partial charge >= 0.3 is 0 Å². The van der Waals surface area contributed by atoms with Crippen LogP contribution in [0.5, 0.6) is 0 Å². The molecule has 1 heterocycles. The average molecular weight is 277 g/mol. The Balaban J connectivity index is 2.03. The van der Waals surface area contributed by atoms with E-state index in [4.69, 9.17) is 16.0 Å². The fraction of sp³-hybridized carbons (Fsp3) is 0.143. The average Bonchev–Trinajstić information content (AvgIpc) is 2.75. The number of hydrazone groups is 1. The Morgan fingerprint density at radius 2 is 2.11 bits per heavy atom. The van der Waals surface area contributed by atoms with Crippen molar-refractivity contribution in [3.05, 3.63) is 58.0 Å². The van der Waals surface area contributed by atoms with Gasteiger partial charge in [0.2, 0.25) is 0 Å². The molecule has 1 N–H and O–H groups in total. The summed E-state index contributed by atoms with van der Waals surface area (Å²) in [6.45, 7) is 3.74. The minimum atomic E-state index is -0.357. The zero-order chi connectivity index (χ0) is 13.8. The number of aryl methyl sites for hydroxylation is 2. The molecule has 5 heteroatoms. The highest BCUT2D eigenvalue weighted by atomic mass is 35.5. The minimum Gasteiger partial charge on any atom is -0.460 e. The van der Waals surface area contributed by atoms with E-state index < -0.39 is 0 Å². The molecule has 0 bridgehead atoms. The molecular weight excluding hydrogens is 264 g/mol. The van der Waals surface area contributed by atoms with Gasteiger partial charge in [-0.05, 0) is 43.7 Å². The summed E-state index contributed by atoms with van der Waals surface area (Å²) >= 11 is 5.99. The Kier molecular flexibility index (Phi) is 4.02. The molecule has 98 valence electrons. The molecule has 0 aliphatic rings. The van der Waals surface area contributed by atoms with Gasteiger partial charge in [-0.25, -0.2) is 5.43 Å². The van der Waals surface area contributed by atoms with E-state index in [2.05, 4.69) is 10.5 Å². The molecule has 0 aliphatic heterocycles. The number of furan rings is 1. The van der Waals surface area contributed by atoms with Crippen LogP contribution in [0.3, 0.4) is 0 Å². The second kappa shape index (κ2) is 5.71. The zero-order valence-corrected chi connectivity index (χ0v) is 11.4. The van der Waals surface area contributed by atoms with Crippen LogP contribution in [0, 0.1) is 13.8 Å². The van der Waals surface area contributed by atoms with Gasteiger partial charge in [-0.15, -0.1) is 0 Å². The largest absolute Gasteiger partial charge is 0.460 e. The monoisotopic (exact) mass is 276 g/mol. The minimum absolute atomic E-state index is 0.357. The van der Waals surface area contributed by atoms with Crippen molar-refractivity contribution < 1.29 is 9.21 Å². The van der Waals surface area contributed by atoms with Crippen molar-refractivity contribution in [3.8, 4) is 0 Å². The normalized spacial score (nSPS) is 10.9. The van der Waals surface area contributed by atoms with Crippen molar-refractivity contribution in [1.82, 2.24) is 5.43 Å². The number of nitrogens with zero attached hydrogens (tertiary/aromatic N) is 1. The lowest BCUT2D eigenvalue weighted by Crippen LogP contribution is -2.18. The van der Waals surface area contributed by atoms with Crippen LogP contribution in [0.4, 0.5) is 0 Å². The van der Waals surface area contributed by atoms with Crippen LogP contribution in [-0.2, 0) is 0 Å². The summed E-state index contributed by atoms with van der Waals surface area (Å²) < 4.78 is 5.28. The Hall–Kier alpha value is -2.07. The number of halogens is 1. The van der Waals surface area contributed by atoms with E-state index in [1.807, 2.05) is 26.0 Å². The van der Waals surface area contributed by atoms with Crippen molar-refractivity contribution >= 4 is 23.7 Å². The predicted molar refractivity (Wildman–Crippen MR) is 74.7 cm³/mol. The molecule has 0 aliphatic carbocycles. The lowest BCUT2D eigenvalue weighted by molar-refractivity contribution is 0.0955. The fourth-order valence-corrected chi connectivity index (χ4v) is 1.86. The third kappa shape index (κ3) is 3.45. The number of benzene rings is 1. The molecule has 0 fully saturated rings. The van der Waals surface area contributed by atoms with Gasteiger partial charge in [-0.1, -0.05) is 17.7 Å². The maximum Gasteiger partial charge on any atom is 0.272 e. The number of carbonyl (C=O) groups excluding carboxylic acids is 1. The Morgan fingerprint density at radius 1 is 1.32 bits per heavy atom. The van der Waals surface area contributed by atoms with Crippen LogP contribution in [0.15, 0.2) is 39.9 Å². The predicted octanol–water partition coefficient (Wildman–Crippen LogP) is 3.31. The maximum atomic E-state index is 11.8. The lowest BCUT2D eigenvalue weighted by atomic mass is 10.1. The summed E-state index contributed by atoms with van der Waals surface area (Å²) in [5.74, 6) is 1.01. The number of nitrogens with one attached hydrogen (secondary N) is 1. The Morgan fingerprint density at radius 3 is 2.74 bits per heavy atom. The summed E-state index contributed by atoms with van der Waals surface area (Å²) in [6, 6.07) is 8.81. The number of hydrogen-bond donors (Lipinski definition) is 1. The molecule has 2 rings (SSSR count). The first kappa shape index (κ1) is 13.4. The number of hydrogen-bond acceptors (Lipinski definition) is 3. The molecular formula is C14H13ClN2O2. The van der Waals surface area contributed by atoms with Crippen LogP contribution in [0.1, 0.15) is 27.4 Å². The van der Waals surface area contributed by atoms with E-state index in [1.165, 1.54) is 6.21 Å². The SMILES string of the molecule is Cc1ccc(C(=O)N/N=C/c2ccc(C)o2)c(Cl)c1. The first-order valence-electron chi connectivity index (χ1n) is 5.72. The van der Waals surface area contributed by atoms with E-state index in [9.17, 15) is 4.79 Å². The van der Waals surface area contributed by atoms with Gasteiger partial charge in [0.25, 0.3) is 5.91 Å². The topological polar surface area (TPSA) is 54.6 Å². The lowest BCUT2D eigenvalue weighted by Gasteiger charge is -2.03. The van der Waals surface area contributed by atoms with Crippen LogP contribution in [-0.4, -0.2) is 12.1 Å². The quantitative estimate of drug-likeness (QED) is 0.691. The van der Waals surface area contributed by atoms with Gasteiger partial charge in [0, 0.05) is 0 Å². The van der Waals surface area contributed by atoms with Crippen molar-refractivity contribution in [2.75, 3.05) is 0 Å². The van der Waals surface area contributed by atoms with E-state index >= 15 is 0 Å². The van der Waals surface area contributed by atoms with Crippen molar-refractivity contribution in [2.24, 2.45) is 5.10 Å². The van der Waals surface area contributed by atoms with E-state index in [0.717, 1.165) is 11.3 Å². The fourth-order valence-electron chi connectivity index (χ4n) is 1.54. The Labute approximate surface area is 116 Å². The highest BCUT2D eigenvalue weighted by Crippen LogP contribution is 2.17. The summed E-state index contributed by atoms with van der Waals surface area (Å²) in [6.07, 6.45) is 1.44. The summed E-state index contributed by atoms with van der Waals surface area (Å²) in [5, 5.41) is 4.22. The molecule has 19 heavy (non-hydrogen) atoms. The van der Waals surface area contributed by atoms with Crippen molar-refractivity contribution in [1.29, 1.82) is 0 Å². The molecule has 4 nitrogen and oxygen atoms in total. The standard InChI is InChI=1S/C14H13ClN2O2/c1-9-3-6-12(13(15)7-9)14(18)17-16-8-11-5-4-10(2)19-11/h3-8H,1-2H3,(H,17,18)/b16-8+. The van der Waals surface area contributed by atoms with Gasteiger partial charge < -0.3 is 4.42 Å². The molecule has 0 saturated carbocycles. The second-order valence-corrected chi connectivity index (χ2v) is 4.54. The van der Waals surface area contributed by atoms with Crippen LogP contribution in [0.2, 0.25) is 5.02 Å². The molecule has 0 spiro atoms. The molecule has 2 aromatic rings. The number of carbonyl (C=O) groups is 1. The molecule has 1 amide bonds. The van der Waals surface area contributed by atoms with E-state index in [1.54, 1.807) is 18.2 Å². The smallest absolute Gasteiger partial charge is 0.272 e. The van der Waals surface area contributed by atoms with E-state index in [-0.39, 0.29) is 5.91 Å². The van der Waals surface area contributed by atoms with Gasteiger partial charge in [0.1, 0.15) is 11.5 Å². The molecule has 0 atom stereocenters. The number of amides is 1. The third-order valence-electron chi connectivity index (χ3n) is 2.49.